The van der Waals surface area contributed by atoms with Gasteiger partial charge in [-0.2, -0.15) is 0 Å². The van der Waals surface area contributed by atoms with Crippen molar-refractivity contribution >= 4 is 11.9 Å². The second kappa shape index (κ2) is 24.3. The third-order valence-electron chi connectivity index (χ3n) is 7.08. The Balaban J connectivity index is 1.46. The molecule has 2 aromatic carbocycles. The van der Waals surface area contributed by atoms with Gasteiger partial charge in [0.25, 0.3) is 0 Å². The van der Waals surface area contributed by atoms with E-state index in [2.05, 4.69) is 0 Å². The molecule has 0 aliphatic heterocycles. The second-order valence-electron chi connectivity index (χ2n) is 12.6. The fourth-order valence-electron chi connectivity index (χ4n) is 4.14. The first-order valence-corrected chi connectivity index (χ1v) is 17.2. The molecule has 0 bridgehead atoms. The maximum Gasteiger partial charge on any atom is 0.338 e. The number of hydrogen-bond acceptors (Lipinski definition) is 11. The van der Waals surface area contributed by atoms with Crippen LogP contribution in [-0.4, -0.2) is 114 Å². The van der Waals surface area contributed by atoms with Crippen LogP contribution in [0.5, 0.6) is 0 Å². The Morgan fingerprint density at radius 3 is 0.980 bits per heavy atom. The van der Waals surface area contributed by atoms with Crippen LogP contribution < -0.4 is 0 Å². The van der Waals surface area contributed by atoms with Crippen molar-refractivity contribution in [1.29, 1.82) is 0 Å². The van der Waals surface area contributed by atoms with Crippen LogP contribution in [0.1, 0.15) is 76.1 Å². The van der Waals surface area contributed by atoms with E-state index in [9.17, 15) is 9.59 Å². The number of carbonyl (C=O) groups is 2. The van der Waals surface area contributed by atoms with Crippen LogP contribution >= 0.6 is 0 Å². The second-order valence-corrected chi connectivity index (χ2v) is 12.6. The molecule has 2 rings (SSSR count). The number of rotatable bonds is 26. The molecule has 8 atom stereocenters. The van der Waals surface area contributed by atoms with E-state index < -0.39 is 0 Å². The zero-order valence-electron chi connectivity index (χ0n) is 30.5. The van der Waals surface area contributed by atoms with Crippen molar-refractivity contribution in [2.75, 3.05) is 52.9 Å². The van der Waals surface area contributed by atoms with Crippen LogP contribution in [-0.2, 0) is 42.6 Å². The van der Waals surface area contributed by atoms with Gasteiger partial charge in [0.15, 0.2) is 0 Å². The minimum atomic E-state index is -0.378. The number of hydrogen-bond donors (Lipinski definition) is 0. The van der Waals surface area contributed by atoms with Gasteiger partial charge in [0.2, 0.25) is 0 Å². The van der Waals surface area contributed by atoms with Gasteiger partial charge < -0.3 is 42.6 Å². The quantitative estimate of drug-likeness (QED) is 0.110. The molecule has 49 heavy (non-hydrogen) atoms. The van der Waals surface area contributed by atoms with Crippen molar-refractivity contribution in [3.05, 3.63) is 71.8 Å². The van der Waals surface area contributed by atoms with Gasteiger partial charge in [-0.1, -0.05) is 36.4 Å². The summed E-state index contributed by atoms with van der Waals surface area (Å²) in [5, 5.41) is 0. The molecule has 8 unspecified atom stereocenters. The maximum atomic E-state index is 12.2. The predicted octanol–water partition coefficient (Wildman–Crippen LogP) is 5.92. The van der Waals surface area contributed by atoms with Gasteiger partial charge in [0, 0.05) is 0 Å². The van der Waals surface area contributed by atoms with Crippen molar-refractivity contribution in [1.82, 2.24) is 0 Å². The fraction of sp³-hybridized carbons (Fsp3) is 0.632. The summed E-state index contributed by atoms with van der Waals surface area (Å²) in [4.78, 5) is 24.2. The third-order valence-corrected chi connectivity index (χ3v) is 7.08. The predicted molar refractivity (Wildman–Crippen MR) is 186 cm³/mol. The van der Waals surface area contributed by atoms with Gasteiger partial charge >= 0.3 is 11.9 Å². The van der Waals surface area contributed by atoms with Gasteiger partial charge in [0.05, 0.1) is 100 Å². The highest BCUT2D eigenvalue weighted by molar-refractivity contribution is 5.89. The first kappa shape index (κ1) is 42.3. The van der Waals surface area contributed by atoms with Crippen molar-refractivity contribution in [2.45, 2.75) is 104 Å². The molecule has 0 saturated carbocycles. The number of carbonyl (C=O) groups excluding carboxylic acids is 2. The summed E-state index contributed by atoms with van der Waals surface area (Å²) in [6.45, 7) is 18.2. The van der Waals surface area contributed by atoms with Crippen LogP contribution in [0.4, 0.5) is 0 Å². The Kier molecular flexibility index (Phi) is 20.9. The van der Waals surface area contributed by atoms with Gasteiger partial charge in [-0.25, -0.2) is 9.59 Å². The Morgan fingerprint density at radius 2 is 0.653 bits per heavy atom. The molecule has 2 aromatic rings. The molecule has 0 aliphatic rings. The van der Waals surface area contributed by atoms with Crippen LogP contribution in [0.2, 0.25) is 0 Å². The molecule has 0 saturated heterocycles. The highest BCUT2D eigenvalue weighted by Crippen LogP contribution is 2.08. The van der Waals surface area contributed by atoms with E-state index in [-0.39, 0.29) is 74.0 Å². The summed E-state index contributed by atoms with van der Waals surface area (Å²) in [7, 11) is 0. The first-order valence-electron chi connectivity index (χ1n) is 17.2. The maximum absolute atomic E-state index is 12.2. The fourth-order valence-corrected chi connectivity index (χ4v) is 4.14. The smallest absolute Gasteiger partial charge is 0.338 e. The lowest BCUT2D eigenvalue weighted by Crippen LogP contribution is -2.30. The van der Waals surface area contributed by atoms with Crippen LogP contribution in [0.3, 0.4) is 0 Å². The summed E-state index contributed by atoms with van der Waals surface area (Å²) in [5.41, 5.74) is 1.03. The van der Waals surface area contributed by atoms with Gasteiger partial charge in [-0.15, -0.1) is 0 Å². The third kappa shape index (κ3) is 19.8. The Labute approximate surface area is 292 Å². The number of ether oxygens (including phenoxy) is 9. The normalized spacial score (nSPS) is 16.5. The number of esters is 2. The Morgan fingerprint density at radius 1 is 0.388 bits per heavy atom. The average Bonchev–Trinajstić information content (AvgIpc) is 3.11. The summed E-state index contributed by atoms with van der Waals surface area (Å²) in [6.07, 6.45) is -1.43. The first-order chi connectivity index (χ1) is 23.4. The highest BCUT2D eigenvalue weighted by atomic mass is 16.6. The lowest BCUT2D eigenvalue weighted by Gasteiger charge is -2.23. The topological polar surface area (TPSA) is 117 Å². The minimum Gasteiger partial charge on any atom is -0.459 e. The van der Waals surface area contributed by atoms with E-state index in [1.165, 1.54) is 0 Å². The van der Waals surface area contributed by atoms with Crippen molar-refractivity contribution in [3.8, 4) is 0 Å². The molecule has 11 nitrogen and oxygen atoms in total. The molecule has 0 spiro atoms. The average molecular weight is 691 g/mol. The molecule has 0 aromatic heterocycles. The van der Waals surface area contributed by atoms with Gasteiger partial charge in [-0.3, -0.25) is 0 Å². The van der Waals surface area contributed by atoms with Crippen LogP contribution in [0.25, 0.3) is 0 Å². The molecule has 0 N–H and O–H groups in total. The molecule has 0 heterocycles. The van der Waals surface area contributed by atoms with E-state index in [0.717, 1.165) is 0 Å². The monoisotopic (exact) mass is 690 g/mol. The molecular formula is C38H58O11. The summed E-state index contributed by atoms with van der Waals surface area (Å²) >= 11 is 0. The van der Waals surface area contributed by atoms with Crippen molar-refractivity contribution in [3.63, 3.8) is 0 Å². The van der Waals surface area contributed by atoms with E-state index in [4.69, 9.17) is 42.6 Å². The SMILES string of the molecule is CC(COC(=O)c1ccccc1)OCC(C)OCC(C)OCC(C)OCC(C)OCC(C)OCC(C)OCC(C)OC(=O)c1ccccc1. The van der Waals surface area contributed by atoms with Crippen molar-refractivity contribution < 1.29 is 52.2 Å². The zero-order chi connectivity index (χ0) is 36.0. The van der Waals surface area contributed by atoms with Crippen LogP contribution in [0.15, 0.2) is 60.7 Å². The summed E-state index contributed by atoms with van der Waals surface area (Å²) in [5.74, 6) is -0.736. The van der Waals surface area contributed by atoms with E-state index >= 15 is 0 Å². The molecular weight excluding hydrogens is 632 g/mol. The minimum absolute atomic E-state index is 0.116. The Hall–Kier alpha value is -2.90. The van der Waals surface area contributed by atoms with E-state index in [1.54, 1.807) is 55.5 Å². The van der Waals surface area contributed by atoms with Gasteiger partial charge in [-0.05, 0) is 79.7 Å². The lowest BCUT2D eigenvalue weighted by atomic mass is 10.2. The van der Waals surface area contributed by atoms with Crippen molar-refractivity contribution in [2.24, 2.45) is 0 Å². The molecule has 0 aliphatic carbocycles. The van der Waals surface area contributed by atoms with Crippen LogP contribution in [0, 0.1) is 0 Å². The largest absolute Gasteiger partial charge is 0.459 e. The standard InChI is InChI=1S/C38H58O11/c1-27(19-42-29(3)21-44-31(5)23-46-33(7)25-48-37(39)35-15-11-9-12-16-35)41-20-28(2)43-22-30(4)45-24-32(6)47-26-34(8)49-38(40)36-17-13-10-14-18-36/h9-18,27-34H,19-26H2,1-8H3. The zero-order valence-corrected chi connectivity index (χ0v) is 30.5. The Bertz CT molecular complexity index is 1150. The van der Waals surface area contributed by atoms with E-state index in [1.807, 2.05) is 60.6 Å². The molecule has 0 amide bonds. The molecule has 11 heteroatoms. The lowest BCUT2D eigenvalue weighted by molar-refractivity contribution is -0.108. The highest BCUT2D eigenvalue weighted by Gasteiger charge is 2.17. The van der Waals surface area contributed by atoms with E-state index in [0.29, 0.717) is 50.8 Å². The number of benzene rings is 2. The summed E-state index contributed by atoms with van der Waals surface area (Å²) < 4.78 is 51.8. The molecule has 0 fully saturated rings. The molecule has 276 valence electrons. The summed E-state index contributed by atoms with van der Waals surface area (Å²) in [6, 6.07) is 17.8. The van der Waals surface area contributed by atoms with Gasteiger partial charge in [0.1, 0.15) is 12.7 Å². The molecule has 0 radical (unpaired) electrons.